The highest BCUT2D eigenvalue weighted by atomic mass is 79.9. The fourth-order valence-electron chi connectivity index (χ4n) is 1.10. The van der Waals surface area contributed by atoms with Crippen LogP contribution < -0.4 is 4.74 Å². The van der Waals surface area contributed by atoms with E-state index in [9.17, 15) is 4.79 Å². The third-order valence-electron chi connectivity index (χ3n) is 2.08. The second kappa shape index (κ2) is 7.18. The van der Waals surface area contributed by atoms with Crippen molar-refractivity contribution >= 4 is 21.9 Å². The molecule has 0 fully saturated rings. The topological polar surface area (TPSA) is 55.8 Å². The Morgan fingerprint density at radius 3 is 2.56 bits per heavy atom. The molecule has 0 heterocycles. The van der Waals surface area contributed by atoms with Crippen molar-refractivity contribution in [3.8, 4) is 5.75 Å². The number of hydrogen-bond acceptors (Lipinski definition) is 4. The van der Waals surface area contributed by atoms with Gasteiger partial charge < -0.3 is 14.6 Å². The smallest absolute Gasteiger partial charge is 0.333 e. The number of ether oxygens (including phenoxy) is 2. The van der Waals surface area contributed by atoms with Gasteiger partial charge in [0.25, 0.3) is 0 Å². The molecule has 1 unspecified atom stereocenters. The van der Waals surface area contributed by atoms with E-state index in [2.05, 4.69) is 22.5 Å². The summed E-state index contributed by atoms with van der Waals surface area (Å²) in [5.74, 6) is 0.108. The third-order valence-corrected chi connectivity index (χ3v) is 2.60. The van der Waals surface area contributed by atoms with Gasteiger partial charge >= 0.3 is 5.97 Å². The van der Waals surface area contributed by atoms with E-state index in [1.807, 2.05) is 12.1 Å². The Balaban J connectivity index is 2.46. The summed E-state index contributed by atoms with van der Waals surface area (Å²) in [6, 6.07) is 7.23. The van der Waals surface area contributed by atoms with E-state index in [4.69, 9.17) is 14.6 Å². The van der Waals surface area contributed by atoms with Gasteiger partial charge in [-0.25, -0.2) is 4.79 Å². The zero-order chi connectivity index (χ0) is 13.5. The molecule has 0 aliphatic carbocycles. The average molecular weight is 315 g/mol. The van der Waals surface area contributed by atoms with Gasteiger partial charge in [0.05, 0.1) is 6.61 Å². The molecule has 1 rings (SSSR count). The normalized spacial score (nSPS) is 11.7. The van der Waals surface area contributed by atoms with E-state index in [1.54, 1.807) is 19.1 Å². The molecule has 5 heteroatoms. The Hall–Kier alpha value is -1.33. The summed E-state index contributed by atoms with van der Waals surface area (Å²) in [5, 5.41) is 9.08. The van der Waals surface area contributed by atoms with Crippen LogP contribution in [0.3, 0.4) is 0 Å². The van der Waals surface area contributed by atoms with Crippen LogP contribution in [0.1, 0.15) is 6.92 Å². The summed E-state index contributed by atoms with van der Waals surface area (Å²) < 4.78 is 11.3. The lowest BCUT2D eigenvalue weighted by atomic mass is 10.3. The van der Waals surface area contributed by atoms with Crippen molar-refractivity contribution in [3.05, 3.63) is 40.9 Å². The maximum Gasteiger partial charge on any atom is 0.333 e. The van der Waals surface area contributed by atoms with E-state index >= 15 is 0 Å². The summed E-state index contributed by atoms with van der Waals surface area (Å²) >= 11 is 3.31. The van der Waals surface area contributed by atoms with Crippen LogP contribution in [0.5, 0.6) is 5.75 Å². The van der Waals surface area contributed by atoms with Gasteiger partial charge in [0, 0.05) is 10.0 Å². The highest BCUT2D eigenvalue weighted by molar-refractivity contribution is 9.10. The van der Waals surface area contributed by atoms with Crippen molar-refractivity contribution in [1.82, 2.24) is 0 Å². The van der Waals surface area contributed by atoms with Crippen molar-refractivity contribution in [2.24, 2.45) is 0 Å². The van der Waals surface area contributed by atoms with Gasteiger partial charge in [-0.1, -0.05) is 22.5 Å². The van der Waals surface area contributed by atoms with Gasteiger partial charge in [-0.05, 0) is 31.2 Å². The van der Waals surface area contributed by atoms with Gasteiger partial charge in [-0.15, -0.1) is 0 Å². The van der Waals surface area contributed by atoms with Crippen molar-refractivity contribution in [2.45, 2.75) is 13.0 Å². The predicted octanol–water partition coefficient (Wildman–Crippen LogP) is 2.31. The SMILES string of the molecule is C=C(C)C(=O)OC(CO)COc1ccc(Br)cc1. The first-order valence-corrected chi connectivity index (χ1v) is 6.18. The van der Waals surface area contributed by atoms with Crippen LogP contribution in [-0.2, 0) is 9.53 Å². The number of hydrogen-bond donors (Lipinski definition) is 1. The molecule has 0 aliphatic rings. The summed E-state index contributed by atoms with van der Waals surface area (Å²) in [7, 11) is 0. The van der Waals surface area contributed by atoms with E-state index < -0.39 is 12.1 Å². The van der Waals surface area contributed by atoms with Gasteiger partial charge in [-0.2, -0.15) is 0 Å². The molecule has 0 aromatic heterocycles. The zero-order valence-corrected chi connectivity index (χ0v) is 11.6. The minimum absolute atomic E-state index is 0.0944. The molecule has 98 valence electrons. The average Bonchev–Trinajstić information content (AvgIpc) is 2.35. The number of rotatable bonds is 6. The number of carbonyl (C=O) groups excluding carboxylic acids is 1. The van der Waals surface area contributed by atoms with E-state index in [-0.39, 0.29) is 18.8 Å². The molecular formula is C13H15BrO4. The van der Waals surface area contributed by atoms with Crippen molar-refractivity contribution in [2.75, 3.05) is 13.2 Å². The van der Waals surface area contributed by atoms with Gasteiger partial charge in [0.15, 0.2) is 6.10 Å². The summed E-state index contributed by atoms with van der Waals surface area (Å²) in [6.45, 7) is 4.81. The van der Waals surface area contributed by atoms with Crippen LogP contribution in [0.15, 0.2) is 40.9 Å². The van der Waals surface area contributed by atoms with Gasteiger partial charge in [0.2, 0.25) is 0 Å². The number of benzene rings is 1. The second-order valence-electron chi connectivity index (χ2n) is 3.76. The van der Waals surface area contributed by atoms with E-state index in [1.165, 1.54) is 0 Å². The molecule has 1 aromatic carbocycles. The molecule has 4 nitrogen and oxygen atoms in total. The van der Waals surface area contributed by atoms with Crippen molar-refractivity contribution in [1.29, 1.82) is 0 Å². The lowest BCUT2D eigenvalue weighted by Crippen LogP contribution is -2.28. The molecule has 0 spiro atoms. The third kappa shape index (κ3) is 4.89. The van der Waals surface area contributed by atoms with Crippen LogP contribution in [0.25, 0.3) is 0 Å². The molecule has 0 radical (unpaired) electrons. The molecule has 0 bridgehead atoms. The number of esters is 1. The van der Waals surface area contributed by atoms with Crippen LogP contribution in [0.4, 0.5) is 0 Å². The van der Waals surface area contributed by atoms with Crippen LogP contribution in [-0.4, -0.2) is 30.4 Å². The predicted molar refractivity (Wildman–Crippen MR) is 71.4 cm³/mol. The molecule has 1 aromatic rings. The summed E-state index contributed by atoms with van der Waals surface area (Å²) in [6.07, 6.45) is -0.696. The van der Waals surface area contributed by atoms with Crippen molar-refractivity contribution in [3.63, 3.8) is 0 Å². The number of aliphatic hydroxyl groups is 1. The first-order valence-electron chi connectivity index (χ1n) is 5.38. The fourth-order valence-corrected chi connectivity index (χ4v) is 1.36. The highest BCUT2D eigenvalue weighted by Gasteiger charge is 2.14. The van der Waals surface area contributed by atoms with Crippen LogP contribution in [0, 0.1) is 0 Å². The molecule has 0 amide bonds. The van der Waals surface area contributed by atoms with Crippen molar-refractivity contribution < 1.29 is 19.4 Å². The minimum atomic E-state index is -0.696. The lowest BCUT2D eigenvalue weighted by Gasteiger charge is -2.16. The molecule has 18 heavy (non-hydrogen) atoms. The summed E-state index contributed by atoms with van der Waals surface area (Å²) in [5.41, 5.74) is 0.289. The quantitative estimate of drug-likeness (QED) is 0.646. The first kappa shape index (κ1) is 14.7. The second-order valence-corrected chi connectivity index (χ2v) is 4.67. The Morgan fingerprint density at radius 2 is 2.06 bits per heavy atom. The minimum Gasteiger partial charge on any atom is -0.490 e. The monoisotopic (exact) mass is 314 g/mol. The number of aliphatic hydroxyl groups excluding tert-OH is 1. The van der Waals surface area contributed by atoms with Gasteiger partial charge in [0.1, 0.15) is 12.4 Å². The van der Waals surface area contributed by atoms with E-state index in [0.717, 1.165) is 4.47 Å². The summed E-state index contributed by atoms with van der Waals surface area (Å²) in [4.78, 5) is 11.3. The molecule has 0 saturated heterocycles. The molecule has 0 saturated carbocycles. The first-order chi connectivity index (χ1) is 8.52. The maximum atomic E-state index is 11.3. The molecular weight excluding hydrogens is 300 g/mol. The largest absolute Gasteiger partial charge is 0.490 e. The molecule has 1 atom stereocenters. The van der Waals surface area contributed by atoms with Gasteiger partial charge in [-0.3, -0.25) is 0 Å². The standard InChI is InChI=1S/C13H15BrO4/c1-9(2)13(16)18-12(7-15)8-17-11-5-3-10(14)4-6-11/h3-6,12,15H,1,7-8H2,2H3. The van der Waals surface area contributed by atoms with Crippen LogP contribution >= 0.6 is 15.9 Å². The zero-order valence-electron chi connectivity index (χ0n) is 10.1. The Morgan fingerprint density at radius 1 is 1.44 bits per heavy atom. The Bertz CT molecular complexity index is 414. The number of halogens is 1. The number of carbonyl (C=O) groups is 1. The molecule has 0 aliphatic heterocycles. The van der Waals surface area contributed by atoms with E-state index in [0.29, 0.717) is 5.75 Å². The fraction of sp³-hybridized carbons (Fsp3) is 0.308. The molecule has 1 N–H and O–H groups in total. The highest BCUT2D eigenvalue weighted by Crippen LogP contribution is 2.16. The Kier molecular flexibility index (Phi) is 5.88. The lowest BCUT2D eigenvalue weighted by molar-refractivity contribution is -0.147. The Labute approximate surface area is 114 Å². The van der Waals surface area contributed by atoms with Crippen LogP contribution in [0.2, 0.25) is 0 Å². The maximum absolute atomic E-state index is 11.3.